The van der Waals surface area contributed by atoms with Gasteiger partial charge in [0.2, 0.25) is 0 Å². The Bertz CT molecular complexity index is 6000. The molecule has 124 heavy (non-hydrogen) atoms. The van der Waals surface area contributed by atoms with Crippen molar-refractivity contribution in [1.82, 2.24) is 19.6 Å². The molecule has 0 bridgehead atoms. The molecule has 8 heterocycles. The number of carbonyl (C=O) groups excluding carboxylic acids is 4. The Labute approximate surface area is 801 Å². The van der Waals surface area contributed by atoms with Gasteiger partial charge in [0.25, 0.3) is 0 Å². The van der Waals surface area contributed by atoms with Crippen molar-refractivity contribution in [2.45, 2.75) is 290 Å². The fraction of sp³-hybridized carbons (Fsp3) is 0.720. The van der Waals surface area contributed by atoms with E-state index < -0.39 is 294 Å². The van der Waals surface area contributed by atoms with Gasteiger partial charge in [-0.15, -0.1) is 0 Å². The van der Waals surface area contributed by atoms with Crippen molar-refractivity contribution >= 4 is 23.9 Å². The van der Waals surface area contributed by atoms with Crippen LogP contribution in [0.3, 0.4) is 0 Å². The number of hydrogen-bond donors (Lipinski definition) is 4. The van der Waals surface area contributed by atoms with Gasteiger partial charge in [-0.1, -0.05) is 140 Å². The molecule has 24 nitrogen and oxygen atoms in total. The molecular weight excluding hydrogens is 1570 g/mol. The molecule has 12 unspecified atom stereocenters. The maximum atomic E-state index is 13.1. The van der Waals surface area contributed by atoms with E-state index in [1.165, 1.54) is 75.1 Å². The van der Waals surface area contributed by atoms with Gasteiger partial charge in [0.1, 0.15) is 48.5 Å². The monoisotopic (exact) mass is 1780 g/mol. The summed E-state index contributed by atoms with van der Waals surface area (Å²) in [5, 5.41) is 0. The highest BCUT2D eigenvalue weighted by atomic mass is 16.6. The van der Waals surface area contributed by atoms with Gasteiger partial charge in [0.05, 0.1) is 65.1 Å². The Kier molecular flexibility index (Phi) is 24.5. The van der Waals surface area contributed by atoms with Gasteiger partial charge < -0.3 is 79.8 Å². The maximum absolute atomic E-state index is 13.1. The van der Waals surface area contributed by atoms with Crippen LogP contribution in [-0.4, -0.2) is 201 Å². The SMILES string of the molecule is C.C.C.C.[2H]C1([2H])C2c3cc(OC)c(OC)cc3C([2H])([2H])C([2H])([2H])N2C([2H])([2H])C([2H])(CC(C)C)C1OC(=O)[C@@H](N)C(C)C.[2H]C1([2H])c2cc(OC)c(OC)cc2C2([2H])N(C1([2H])[2H])C([2H])([2H])C([2H])(CC(C)C)C(OC(=O)[C@@H](N)C(C)C)C2([2H])[2H].[2H]C1([2H])c2cc(OC)c(OC)cc2C2N(C1([2H])[2H])C([2H])([2H])C([2H])(CC(C)C)C([2H])(OC(=O)[C@@H](N)C(C)C)C2([2H])[2H].[2H]c1c2c(c([2H])c(OC)c1OC)C1([2H])N(CC2)C([2H])([2H])C([2H])(CC(C)C)C([2H])(OC(=O)[C@@H](N)C(C)C)C1([2H])[2H]. The molecule has 4 fully saturated rings. The first-order chi connectivity index (χ1) is 71.4. The number of hydrogen-bond acceptors (Lipinski definition) is 24. The largest absolute Gasteiger partial charge is 0.493 e. The molecule has 4 aromatic rings. The van der Waals surface area contributed by atoms with Gasteiger partial charge in [-0.05, 0) is 192 Å². The summed E-state index contributed by atoms with van der Waals surface area (Å²) in [7, 11) is 10.2. The van der Waals surface area contributed by atoms with Crippen LogP contribution in [0.2, 0.25) is 0 Å². The number of rotatable bonds is 28. The van der Waals surface area contributed by atoms with E-state index in [-0.39, 0.29) is 140 Å². The van der Waals surface area contributed by atoms with Crippen LogP contribution in [-0.2, 0) is 63.7 Å². The van der Waals surface area contributed by atoms with Crippen LogP contribution < -0.4 is 60.8 Å². The Hall–Kier alpha value is -7.16. The molecule has 12 rings (SSSR count). The summed E-state index contributed by atoms with van der Waals surface area (Å²) in [5.41, 5.74) is 21.6. The molecular formula is C100H168N8O16. The van der Waals surface area contributed by atoms with Crippen molar-refractivity contribution in [3.05, 3.63) is 93.0 Å². The second-order valence-electron chi connectivity index (χ2n) is 32.8. The zero-order valence-corrected chi connectivity index (χ0v) is 73.6. The second-order valence-corrected chi connectivity index (χ2v) is 32.8. The normalized spacial score (nSPS) is 39.0. The lowest BCUT2D eigenvalue weighted by atomic mass is 9.79. The standard InChI is InChI=1S/4C24H38N2O4.4CH4/c4*1-14(2)9-17-13-26-8-7-16-10-21(28-5)22(29-6)11-18(16)19(26)12-20(17)30-24(27)23(25)15(3)4;;;;/h4*10-11,14-15,17,19-20,23H,7-9,12-13,25H2,1-6H3;4*1H4/t4*17?,19?,20?,23-;;;;/m0000..../s1/i10D,11D,12D2,13D2,17D,19D,20D;7D2,8D2,12D2,13D2,17D,20D;7D2,8D2,12D2,13D2,17D,19D;7D2,8D2,12D2,13D2,17D;;;;. The Morgan fingerprint density at radius 2 is 0.661 bits per heavy atom. The van der Waals surface area contributed by atoms with Crippen molar-refractivity contribution in [1.29, 1.82) is 0 Å². The summed E-state index contributed by atoms with van der Waals surface area (Å²) in [6.45, 7) is 3.72. The minimum atomic E-state index is -3.37. The van der Waals surface area contributed by atoms with Gasteiger partial charge in [-0.2, -0.15) is 0 Å². The van der Waals surface area contributed by atoms with Crippen molar-refractivity contribution in [3.63, 3.8) is 0 Å². The molecule has 8 aliphatic heterocycles. The van der Waals surface area contributed by atoms with Crippen LogP contribution in [0, 0.1) is 70.9 Å². The number of benzene rings is 4. The second kappa shape index (κ2) is 48.9. The highest BCUT2D eigenvalue weighted by molar-refractivity contribution is 5.77. The summed E-state index contributed by atoms with van der Waals surface area (Å²) >= 11 is 0. The van der Waals surface area contributed by atoms with E-state index in [4.69, 9.17) is 110 Å². The summed E-state index contributed by atoms with van der Waals surface area (Å²) in [4.78, 5) is 54.2. The lowest BCUT2D eigenvalue weighted by Gasteiger charge is -2.47. The van der Waals surface area contributed by atoms with Crippen LogP contribution in [0.15, 0.2) is 48.5 Å². The highest BCUT2D eigenvalue weighted by Gasteiger charge is 2.48. The molecule has 4 saturated heterocycles. The molecule has 4 aromatic carbocycles. The summed E-state index contributed by atoms with van der Waals surface area (Å²) in [5.74, 6) is -19.3. The first-order valence-corrected chi connectivity index (χ1v) is 40.5. The number of piperidine rings is 4. The molecule has 24 heteroatoms. The van der Waals surface area contributed by atoms with E-state index >= 15 is 0 Å². The molecule has 0 saturated carbocycles. The van der Waals surface area contributed by atoms with Gasteiger partial charge >= 0.3 is 23.9 Å². The third kappa shape index (κ3) is 26.5. The third-order valence-corrected chi connectivity index (χ3v) is 20.3. The van der Waals surface area contributed by atoms with Crippen molar-refractivity contribution < 1.29 is 128 Å². The van der Waals surface area contributed by atoms with Crippen LogP contribution >= 0.6 is 0 Å². The maximum Gasteiger partial charge on any atom is 0.323 e. The molecule has 0 aliphatic carbocycles. The van der Waals surface area contributed by atoms with Crippen LogP contribution in [0.1, 0.15) is 312 Å². The van der Waals surface area contributed by atoms with Crippen LogP contribution in [0.4, 0.5) is 0 Å². The molecule has 0 radical (unpaired) electrons. The number of fused-ring (bicyclic) bond motifs is 12. The number of nitrogens with two attached hydrogens (primary N) is 4. The lowest BCUT2D eigenvalue weighted by molar-refractivity contribution is -0.161. The van der Waals surface area contributed by atoms with E-state index in [0.29, 0.717) is 9.80 Å². The smallest absolute Gasteiger partial charge is 0.323 e. The predicted molar refractivity (Wildman–Crippen MR) is 498 cm³/mol. The number of esters is 4. The molecule has 0 amide bonds. The number of carbonyl (C=O) groups is 4. The first kappa shape index (κ1) is 62.1. The zero-order valence-electron chi connectivity index (χ0n) is 112. The lowest BCUT2D eigenvalue weighted by Crippen LogP contribution is -2.51. The average molecular weight is 1780 g/mol. The highest BCUT2D eigenvalue weighted by Crippen LogP contribution is 2.50. The number of methoxy groups -OCH3 is 8. The summed E-state index contributed by atoms with van der Waals surface area (Å²) in [6, 6.07) is -8.57. The van der Waals surface area contributed by atoms with Gasteiger partial charge in [-0.3, -0.25) is 38.8 Å². The number of aryl methyl sites for hydroxylation is 3. The fourth-order valence-corrected chi connectivity index (χ4v) is 13.3. The van der Waals surface area contributed by atoms with E-state index in [1.54, 1.807) is 111 Å². The van der Waals surface area contributed by atoms with Crippen molar-refractivity contribution in [2.75, 3.05) is 109 Å². The van der Waals surface area contributed by atoms with Crippen molar-refractivity contribution in [3.8, 4) is 46.0 Å². The van der Waals surface area contributed by atoms with Crippen LogP contribution in [0.25, 0.3) is 0 Å². The average Bonchev–Trinajstić information content (AvgIpc) is 0.681. The quantitative estimate of drug-likeness (QED) is 0.0303. The Balaban J connectivity index is 0.000000375. The Morgan fingerprint density at radius 3 is 1.05 bits per heavy atom. The van der Waals surface area contributed by atoms with Crippen molar-refractivity contribution in [2.24, 2.45) is 93.9 Å². The minimum absolute atomic E-state index is 0. The number of ether oxygens (including phenoxy) is 12. The third-order valence-electron chi connectivity index (χ3n) is 20.3. The van der Waals surface area contributed by atoms with E-state index in [1.807, 2.05) is 0 Å². The molecule has 8 aliphatic rings. The van der Waals surface area contributed by atoms with Gasteiger partial charge in [-0.25, -0.2) is 0 Å². The topological polar surface area (TPSA) is 296 Å². The molecule has 0 aromatic heterocycles. The van der Waals surface area contributed by atoms with E-state index in [9.17, 15) is 41.1 Å². The Morgan fingerprint density at radius 1 is 0.363 bits per heavy atom. The molecule has 8 N–H and O–H groups in total. The number of nitrogens with zero attached hydrogens (tertiary/aromatic N) is 4. The molecule has 0 spiro atoms. The van der Waals surface area contributed by atoms with Crippen LogP contribution in [0.5, 0.6) is 46.0 Å². The molecule has 704 valence electrons. The van der Waals surface area contributed by atoms with Gasteiger partial charge in [0, 0.05) is 169 Å². The fourth-order valence-electron chi connectivity index (χ4n) is 13.3. The first-order valence-electron chi connectivity index (χ1n) is 59.5. The molecule has 16 atom stereocenters. The van der Waals surface area contributed by atoms with Gasteiger partial charge in [0.15, 0.2) is 46.0 Å². The summed E-state index contributed by atoms with van der Waals surface area (Å²) < 4.78 is 410. The zero-order chi connectivity index (χ0) is 122. The predicted octanol–water partition coefficient (Wildman–Crippen LogP) is 16.8. The van der Waals surface area contributed by atoms with E-state index in [2.05, 4.69) is 0 Å². The summed E-state index contributed by atoms with van der Waals surface area (Å²) in [6.07, 6.45) is -33.9. The van der Waals surface area contributed by atoms with E-state index in [0.717, 1.165) is 23.1 Å². The minimum Gasteiger partial charge on any atom is -0.493 e.